The average molecular weight is 166 g/mol. The van der Waals surface area contributed by atoms with Gasteiger partial charge in [-0.15, -0.1) is 0 Å². The third-order valence-corrected chi connectivity index (χ3v) is 1.51. The molecule has 0 spiro atoms. The van der Waals surface area contributed by atoms with E-state index in [1.807, 2.05) is 26.8 Å². The maximum atomic E-state index is 3.67. The molecular formula is C12H22. The molecule has 12 heavy (non-hydrogen) atoms. The van der Waals surface area contributed by atoms with Crippen molar-refractivity contribution in [1.29, 1.82) is 0 Å². The van der Waals surface area contributed by atoms with Crippen LogP contribution in [0.1, 0.15) is 41.0 Å². The molecule has 0 aliphatic heterocycles. The maximum absolute atomic E-state index is 3.67. The molecule has 0 unspecified atom stereocenters. The summed E-state index contributed by atoms with van der Waals surface area (Å²) in [6.45, 7) is 14.0. The number of hydrogen-bond acceptors (Lipinski definition) is 0. The van der Waals surface area contributed by atoms with Crippen molar-refractivity contribution in [3.8, 4) is 0 Å². The van der Waals surface area contributed by atoms with E-state index in [4.69, 9.17) is 0 Å². The minimum atomic E-state index is 1.13. The predicted octanol–water partition coefficient (Wildman–Crippen LogP) is 4.50. The van der Waals surface area contributed by atoms with Crippen LogP contribution in [0.3, 0.4) is 0 Å². The quantitative estimate of drug-likeness (QED) is 0.541. The van der Waals surface area contributed by atoms with Gasteiger partial charge in [0.1, 0.15) is 0 Å². The van der Waals surface area contributed by atoms with Gasteiger partial charge in [-0.2, -0.15) is 0 Å². The largest absolute Gasteiger partial charge is 0.0988 e. The maximum Gasteiger partial charge on any atom is -0.0349 e. The van der Waals surface area contributed by atoms with E-state index < -0.39 is 0 Å². The van der Waals surface area contributed by atoms with Gasteiger partial charge in [-0.1, -0.05) is 56.7 Å². The zero-order valence-corrected chi connectivity index (χ0v) is 9.15. The summed E-state index contributed by atoms with van der Waals surface area (Å²) in [5.41, 5.74) is 2.62. The minimum Gasteiger partial charge on any atom is -0.0988 e. The smallest absolute Gasteiger partial charge is 0.0349 e. The van der Waals surface area contributed by atoms with Crippen LogP contribution in [0, 0.1) is 0 Å². The lowest BCUT2D eigenvalue weighted by Crippen LogP contribution is -1.69. The fraction of sp³-hybridized carbons (Fsp3) is 0.500. The second-order valence-electron chi connectivity index (χ2n) is 2.48. The van der Waals surface area contributed by atoms with Crippen molar-refractivity contribution in [2.75, 3.05) is 0 Å². The van der Waals surface area contributed by atoms with Crippen LogP contribution >= 0.6 is 0 Å². The van der Waals surface area contributed by atoms with Gasteiger partial charge in [-0.3, -0.25) is 0 Å². The van der Waals surface area contributed by atoms with Gasteiger partial charge in [0, 0.05) is 0 Å². The molecule has 0 heterocycles. The Hall–Kier alpha value is -0.780. The predicted molar refractivity (Wildman–Crippen MR) is 59.4 cm³/mol. The van der Waals surface area contributed by atoms with Crippen LogP contribution in [0.15, 0.2) is 36.0 Å². The van der Waals surface area contributed by atoms with Gasteiger partial charge in [-0.05, 0) is 20.3 Å². The molecule has 0 bridgehead atoms. The highest BCUT2D eigenvalue weighted by atomic mass is 13.9. The van der Waals surface area contributed by atoms with Crippen molar-refractivity contribution < 1.29 is 0 Å². The SMILES string of the molecule is C=C/C(C)=C\C=C(/C)CC.CC. The Labute approximate surface area is 77.7 Å². The first-order valence-corrected chi connectivity index (χ1v) is 4.67. The first-order valence-electron chi connectivity index (χ1n) is 4.67. The molecule has 0 radical (unpaired) electrons. The summed E-state index contributed by atoms with van der Waals surface area (Å²) >= 11 is 0. The molecule has 0 saturated carbocycles. The van der Waals surface area contributed by atoms with Crippen LogP contribution in [0.25, 0.3) is 0 Å². The lowest BCUT2D eigenvalue weighted by Gasteiger charge is -1.90. The molecule has 0 aromatic carbocycles. The van der Waals surface area contributed by atoms with Crippen molar-refractivity contribution in [3.05, 3.63) is 36.0 Å². The Kier molecular flexibility index (Phi) is 11.7. The van der Waals surface area contributed by atoms with Crippen molar-refractivity contribution in [3.63, 3.8) is 0 Å². The lowest BCUT2D eigenvalue weighted by molar-refractivity contribution is 1.10. The highest BCUT2D eigenvalue weighted by Crippen LogP contribution is 2.00. The molecule has 0 rings (SSSR count). The summed E-state index contributed by atoms with van der Waals surface area (Å²) in [6, 6.07) is 0. The number of hydrogen-bond donors (Lipinski definition) is 0. The third-order valence-electron chi connectivity index (χ3n) is 1.51. The van der Waals surface area contributed by atoms with Crippen LogP contribution in [0.4, 0.5) is 0 Å². The molecule has 0 atom stereocenters. The zero-order valence-electron chi connectivity index (χ0n) is 9.15. The summed E-state index contributed by atoms with van der Waals surface area (Å²) in [5, 5.41) is 0. The van der Waals surface area contributed by atoms with Crippen molar-refractivity contribution in [1.82, 2.24) is 0 Å². The second kappa shape index (κ2) is 10.2. The highest BCUT2D eigenvalue weighted by molar-refractivity contribution is 5.21. The van der Waals surface area contributed by atoms with E-state index in [0.29, 0.717) is 0 Å². The van der Waals surface area contributed by atoms with Gasteiger partial charge in [-0.25, -0.2) is 0 Å². The summed E-state index contributed by atoms with van der Waals surface area (Å²) in [5.74, 6) is 0. The molecule has 0 heteroatoms. The zero-order chi connectivity index (χ0) is 9.98. The van der Waals surface area contributed by atoms with E-state index in [-0.39, 0.29) is 0 Å². The van der Waals surface area contributed by atoms with Gasteiger partial charge in [0.05, 0.1) is 0 Å². The Morgan fingerprint density at radius 3 is 2.00 bits per heavy atom. The molecule has 0 fully saturated rings. The Morgan fingerprint density at radius 1 is 1.17 bits per heavy atom. The fourth-order valence-corrected chi connectivity index (χ4v) is 0.460. The summed E-state index contributed by atoms with van der Waals surface area (Å²) in [7, 11) is 0. The van der Waals surface area contributed by atoms with E-state index in [0.717, 1.165) is 6.42 Å². The number of rotatable bonds is 3. The van der Waals surface area contributed by atoms with Gasteiger partial charge in [0.15, 0.2) is 0 Å². The summed E-state index contributed by atoms with van der Waals surface area (Å²) < 4.78 is 0. The van der Waals surface area contributed by atoms with Crippen molar-refractivity contribution >= 4 is 0 Å². The van der Waals surface area contributed by atoms with Crippen LogP contribution < -0.4 is 0 Å². The molecule has 0 aromatic heterocycles. The monoisotopic (exact) mass is 166 g/mol. The molecular weight excluding hydrogens is 144 g/mol. The molecule has 0 aliphatic carbocycles. The first kappa shape index (κ1) is 13.8. The van der Waals surface area contributed by atoms with Gasteiger partial charge in [0.25, 0.3) is 0 Å². The molecule has 70 valence electrons. The molecule has 0 nitrogen and oxygen atoms in total. The van der Waals surface area contributed by atoms with E-state index in [1.165, 1.54) is 11.1 Å². The van der Waals surface area contributed by atoms with Crippen LogP contribution in [-0.2, 0) is 0 Å². The Balaban J connectivity index is 0. The summed E-state index contributed by atoms with van der Waals surface area (Å²) in [6.07, 6.45) is 7.21. The number of allylic oxidation sites excluding steroid dienone is 5. The van der Waals surface area contributed by atoms with Crippen LogP contribution in [0.2, 0.25) is 0 Å². The van der Waals surface area contributed by atoms with Crippen LogP contribution in [-0.4, -0.2) is 0 Å². The standard InChI is InChI=1S/C10H16.C2H6/c1-5-9(3)7-8-10(4)6-2;1-2/h5,7-8H,1,6H2,2-4H3;1-2H3/b9-7-,10-8+;. The molecule has 0 N–H and O–H groups in total. The van der Waals surface area contributed by atoms with Gasteiger partial charge < -0.3 is 0 Å². The molecule has 0 aliphatic rings. The minimum absolute atomic E-state index is 1.13. The highest BCUT2D eigenvalue weighted by Gasteiger charge is 1.79. The van der Waals surface area contributed by atoms with E-state index in [9.17, 15) is 0 Å². The van der Waals surface area contributed by atoms with E-state index in [1.54, 1.807) is 0 Å². The lowest BCUT2D eigenvalue weighted by atomic mass is 10.2. The third kappa shape index (κ3) is 9.22. The van der Waals surface area contributed by atoms with Crippen LogP contribution in [0.5, 0.6) is 0 Å². The molecule has 0 saturated heterocycles. The van der Waals surface area contributed by atoms with Crippen molar-refractivity contribution in [2.45, 2.75) is 41.0 Å². The Bertz CT molecular complexity index is 159. The van der Waals surface area contributed by atoms with Gasteiger partial charge >= 0.3 is 0 Å². The summed E-state index contributed by atoms with van der Waals surface area (Å²) in [4.78, 5) is 0. The van der Waals surface area contributed by atoms with Gasteiger partial charge in [0.2, 0.25) is 0 Å². The Morgan fingerprint density at radius 2 is 1.67 bits per heavy atom. The van der Waals surface area contributed by atoms with E-state index >= 15 is 0 Å². The molecule has 0 amide bonds. The van der Waals surface area contributed by atoms with E-state index in [2.05, 4.69) is 32.6 Å². The average Bonchev–Trinajstić information content (AvgIpc) is 2.16. The molecule has 0 aromatic rings. The van der Waals surface area contributed by atoms with Crippen molar-refractivity contribution in [2.24, 2.45) is 0 Å². The normalized spacial score (nSPS) is 11.8. The fourth-order valence-electron chi connectivity index (χ4n) is 0.460. The topological polar surface area (TPSA) is 0 Å². The second-order valence-corrected chi connectivity index (χ2v) is 2.48. The first-order chi connectivity index (χ1) is 5.70.